The number of hydrogen-bond donors (Lipinski definition) is 0. The standard InChI is InChI=1S/C19H24N6O/c1-3-17-22-18-16(12-21-24(18)2)19(23-17)25-9-6-15(7-10-25)26-13-14-5-4-8-20-11-14/h4-5,8,11-12,15H,3,6-7,9-10,13H2,1-2H3. The Morgan fingerprint density at radius 3 is 2.77 bits per heavy atom. The number of piperidine rings is 1. The molecule has 0 saturated carbocycles. The molecule has 1 aliphatic rings. The number of hydrogen-bond acceptors (Lipinski definition) is 6. The van der Waals surface area contributed by atoms with Gasteiger partial charge < -0.3 is 9.64 Å². The predicted molar refractivity (Wildman–Crippen MR) is 99.9 cm³/mol. The van der Waals surface area contributed by atoms with Crippen LogP contribution in [-0.4, -0.2) is 43.9 Å². The van der Waals surface area contributed by atoms with Gasteiger partial charge in [-0.1, -0.05) is 13.0 Å². The second-order valence-electron chi connectivity index (χ2n) is 6.68. The quantitative estimate of drug-likeness (QED) is 0.703. The van der Waals surface area contributed by atoms with E-state index in [-0.39, 0.29) is 6.10 Å². The Hall–Kier alpha value is -2.54. The SMILES string of the molecule is CCc1nc(N2CCC(OCc3cccnc3)CC2)c2cnn(C)c2n1. The monoisotopic (exact) mass is 352 g/mol. The molecule has 0 atom stereocenters. The van der Waals surface area contributed by atoms with Gasteiger partial charge in [0.2, 0.25) is 0 Å². The van der Waals surface area contributed by atoms with Crippen molar-refractivity contribution in [1.82, 2.24) is 24.7 Å². The van der Waals surface area contributed by atoms with E-state index in [0.717, 1.165) is 60.6 Å². The molecule has 4 rings (SSSR count). The second kappa shape index (κ2) is 7.37. The zero-order valence-electron chi connectivity index (χ0n) is 15.3. The van der Waals surface area contributed by atoms with Gasteiger partial charge in [-0.3, -0.25) is 9.67 Å². The van der Waals surface area contributed by atoms with Crippen LogP contribution in [0.5, 0.6) is 0 Å². The van der Waals surface area contributed by atoms with Crippen LogP contribution >= 0.6 is 0 Å². The van der Waals surface area contributed by atoms with Gasteiger partial charge in [0.15, 0.2) is 5.65 Å². The van der Waals surface area contributed by atoms with Gasteiger partial charge in [-0.2, -0.15) is 5.10 Å². The fourth-order valence-electron chi connectivity index (χ4n) is 3.38. The fourth-order valence-corrected chi connectivity index (χ4v) is 3.38. The number of nitrogens with zero attached hydrogens (tertiary/aromatic N) is 6. The molecule has 4 heterocycles. The average molecular weight is 352 g/mol. The Morgan fingerprint density at radius 2 is 2.04 bits per heavy atom. The molecule has 136 valence electrons. The van der Waals surface area contributed by atoms with E-state index in [1.165, 1.54) is 0 Å². The van der Waals surface area contributed by atoms with Crippen LogP contribution in [0, 0.1) is 0 Å². The molecule has 0 N–H and O–H groups in total. The largest absolute Gasteiger partial charge is 0.373 e. The van der Waals surface area contributed by atoms with Crippen molar-refractivity contribution in [2.75, 3.05) is 18.0 Å². The van der Waals surface area contributed by atoms with Crippen molar-refractivity contribution in [3.63, 3.8) is 0 Å². The molecule has 0 amide bonds. The summed E-state index contributed by atoms with van der Waals surface area (Å²) in [5.74, 6) is 1.87. The van der Waals surface area contributed by atoms with E-state index < -0.39 is 0 Å². The van der Waals surface area contributed by atoms with E-state index in [9.17, 15) is 0 Å². The molecular formula is C19H24N6O. The van der Waals surface area contributed by atoms with Crippen LogP contribution in [-0.2, 0) is 24.8 Å². The van der Waals surface area contributed by atoms with E-state index in [1.54, 1.807) is 6.20 Å². The van der Waals surface area contributed by atoms with Crippen LogP contribution < -0.4 is 4.90 Å². The van der Waals surface area contributed by atoms with Crippen LogP contribution in [0.4, 0.5) is 5.82 Å². The molecule has 3 aromatic rings. The highest BCUT2D eigenvalue weighted by Crippen LogP contribution is 2.27. The minimum atomic E-state index is 0.281. The lowest BCUT2D eigenvalue weighted by atomic mass is 10.1. The Labute approximate surface area is 153 Å². The highest BCUT2D eigenvalue weighted by molar-refractivity contribution is 5.87. The van der Waals surface area contributed by atoms with Crippen molar-refractivity contribution >= 4 is 16.9 Å². The topological polar surface area (TPSA) is 69.0 Å². The van der Waals surface area contributed by atoms with Crippen LogP contribution in [0.15, 0.2) is 30.7 Å². The van der Waals surface area contributed by atoms with E-state index in [2.05, 4.69) is 33.0 Å². The van der Waals surface area contributed by atoms with Crippen molar-refractivity contribution in [3.8, 4) is 0 Å². The van der Waals surface area contributed by atoms with Crippen molar-refractivity contribution in [2.45, 2.75) is 38.9 Å². The molecule has 0 radical (unpaired) electrons. The van der Waals surface area contributed by atoms with Crippen molar-refractivity contribution in [2.24, 2.45) is 7.05 Å². The molecule has 1 aliphatic heterocycles. The van der Waals surface area contributed by atoms with Crippen LogP contribution in [0.2, 0.25) is 0 Å². The first-order valence-electron chi connectivity index (χ1n) is 9.18. The van der Waals surface area contributed by atoms with Gasteiger partial charge in [-0.25, -0.2) is 9.97 Å². The maximum absolute atomic E-state index is 6.07. The normalized spacial score (nSPS) is 15.7. The van der Waals surface area contributed by atoms with E-state index in [1.807, 2.05) is 30.2 Å². The first-order chi connectivity index (χ1) is 12.7. The Bertz CT molecular complexity index is 870. The lowest BCUT2D eigenvalue weighted by Gasteiger charge is -2.33. The number of aromatic nitrogens is 5. The molecular weight excluding hydrogens is 328 g/mol. The van der Waals surface area contributed by atoms with Crippen molar-refractivity contribution in [3.05, 3.63) is 42.1 Å². The van der Waals surface area contributed by atoms with Gasteiger partial charge in [0.1, 0.15) is 11.6 Å². The summed E-state index contributed by atoms with van der Waals surface area (Å²) in [4.78, 5) is 15.9. The molecule has 7 nitrogen and oxygen atoms in total. The van der Waals surface area contributed by atoms with E-state index in [0.29, 0.717) is 6.61 Å². The summed E-state index contributed by atoms with van der Waals surface area (Å²) >= 11 is 0. The highest BCUT2D eigenvalue weighted by atomic mass is 16.5. The van der Waals surface area contributed by atoms with Gasteiger partial charge >= 0.3 is 0 Å². The number of pyridine rings is 1. The molecule has 0 aromatic carbocycles. The lowest BCUT2D eigenvalue weighted by molar-refractivity contribution is 0.0249. The molecule has 7 heteroatoms. The molecule has 26 heavy (non-hydrogen) atoms. The summed E-state index contributed by atoms with van der Waals surface area (Å²) in [6.45, 7) is 4.57. The maximum Gasteiger partial charge on any atom is 0.163 e. The third-order valence-electron chi connectivity index (χ3n) is 4.88. The van der Waals surface area contributed by atoms with Crippen molar-refractivity contribution in [1.29, 1.82) is 0 Å². The van der Waals surface area contributed by atoms with E-state index >= 15 is 0 Å². The van der Waals surface area contributed by atoms with Crippen LogP contribution in [0.3, 0.4) is 0 Å². The van der Waals surface area contributed by atoms with Gasteiger partial charge in [-0.15, -0.1) is 0 Å². The zero-order chi connectivity index (χ0) is 17.9. The Balaban J connectivity index is 1.44. The number of ether oxygens (including phenoxy) is 1. The van der Waals surface area contributed by atoms with E-state index in [4.69, 9.17) is 9.72 Å². The summed E-state index contributed by atoms with van der Waals surface area (Å²) in [5, 5.41) is 5.39. The Morgan fingerprint density at radius 1 is 1.19 bits per heavy atom. The molecule has 0 unspecified atom stereocenters. The summed E-state index contributed by atoms with van der Waals surface area (Å²) < 4.78 is 7.90. The highest BCUT2D eigenvalue weighted by Gasteiger charge is 2.23. The third kappa shape index (κ3) is 3.39. The minimum Gasteiger partial charge on any atom is -0.373 e. The van der Waals surface area contributed by atoms with Crippen LogP contribution in [0.25, 0.3) is 11.0 Å². The minimum absolute atomic E-state index is 0.281. The summed E-state index contributed by atoms with van der Waals surface area (Å²) in [7, 11) is 1.93. The molecule has 0 aliphatic carbocycles. The average Bonchev–Trinajstić information content (AvgIpc) is 3.08. The first kappa shape index (κ1) is 16.9. The second-order valence-corrected chi connectivity index (χ2v) is 6.68. The third-order valence-corrected chi connectivity index (χ3v) is 4.88. The number of anilines is 1. The fraction of sp³-hybridized carbons (Fsp3) is 0.474. The molecule has 0 spiro atoms. The first-order valence-corrected chi connectivity index (χ1v) is 9.18. The molecule has 1 saturated heterocycles. The summed E-state index contributed by atoms with van der Waals surface area (Å²) in [6, 6.07) is 4.00. The summed E-state index contributed by atoms with van der Waals surface area (Å²) in [5.41, 5.74) is 2.03. The van der Waals surface area contributed by atoms with Gasteiger partial charge in [0.25, 0.3) is 0 Å². The van der Waals surface area contributed by atoms with Crippen molar-refractivity contribution < 1.29 is 4.74 Å². The smallest absolute Gasteiger partial charge is 0.163 e. The Kier molecular flexibility index (Phi) is 4.79. The maximum atomic E-state index is 6.07. The lowest BCUT2D eigenvalue weighted by Crippen LogP contribution is -2.37. The molecule has 3 aromatic heterocycles. The molecule has 0 bridgehead atoms. The summed E-state index contributed by atoms with van der Waals surface area (Å²) in [6.07, 6.45) is 8.60. The molecule has 1 fully saturated rings. The van der Waals surface area contributed by atoms with Crippen LogP contribution in [0.1, 0.15) is 31.2 Å². The predicted octanol–water partition coefficient (Wildman–Crippen LogP) is 2.51. The van der Waals surface area contributed by atoms with Gasteiger partial charge in [0.05, 0.1) is 24.3 Å². The van der Waals surface area contributed by atoms with Gasteiger partial charge in [-0.05, 0) is 24.5 Å². The number of fused-ring (bicyclic) bond motifs is 1. The number of rotatable bonds is 5. The zero-order valence-corrected chi connectivity index (χ0v) is 15.3. The number of aryl methyl sites for hydroxylation is 2. The van der Waals surface area contributed by atoms with Gasteiger partial charge in [0, 0.05) is 39.0 Å².